The molecule has 1 aromatic rings. The van der Waals surface area contributed by atoms with Crippen LogP contribution in [0.15, 0.2) is 18.2 Å². The van der Waals surface area contributed by atoms with Crippen LogP contribution in [0, 0.1) is 0 Å². The number of rotatable bonds is 12. The van der Waals surface area contributed by atoms with E-state index in [9.17, 15) is 13.2 Å². The lowest BCUT2D eigenvalue weighted by molar-refractivity contribution is -0.138. The van der Waals surface area contributed by atoms with E-state index in [1.165, 1.54) is 14.0 Å². The number of carbonyl (C=O) groups is 1. The molecular weight excluding hydrogens is 380 g/mol. The highest BCUT2D eigenvalue weighted by Crippen LogP contribution is 2.29. The summed E-state index contributed by atoms with van der Waals surface area (Å²) in [6.07, 6.45) is 0.774. The van der Waals surface area contributed by atoms with Crippen LogP contribution in [0.1, 0.15) is 46.6 Å². The van der Waals surface area contributed by atoms with Crippen molar-refractivity contribution in [3.8, 4) is 5.75 Å². The molecule has 1 amide bonds. The summed E-state index contributed by atoms with van der Waals surface area (Å²) >= 11 is 0. The van der Waals surface area contributed by atoms with Gasteiger partial charge in [0.2, 0.25) is 5.91 Å². The van der Waals surface area contributed by atoms with Gasteiger partial charge >= 0.3 is 10.1 Å². The Balaban J connectivity index is 3.35. The smallest absolute Gasteiger partial charge is 0.308 e. The van der Waals surface area contributed by atoms with E-state index in [1.807, 2.05) is 39.8 Å². The molecule has 160 valence electrons. The molecule has 0 aliphatic rings. The number of benzene rings is 1. The summed E-state index contributed by atoms with van der Waals surface area (Å²) in [5.74, 6) is -0.00155. The first-order valence-electron chi connectivity index (χ1n) is 9.81. The number of anilines is 1. The van der Waals surface area contributed by atoms with Gasteiger partial charge in [0.1, 0.15) is 12.4 Å². The molecular formula is C20H34N2O5S. The molecule has 0 aromatic heterocycles. The largest absolute Gasteiger partial charge is 0.382 e. The molecule has 0 heterocycles. The highest BCUT2D eigenvalue weighted by molar-refractivity contribution is 7.87. The number of carbonyl (C=O) groups excluding carboxylic acids is 1. The topological polar surface area (TPSA) is 76.2 Å². The van der Waals surface area contributed by atoms with E-state index in [2.05, 4.69) is 4.90 Å². The standard InChI is InChI=1S/C20H34N2O5S/c1-7-16(5)22(20(23)15-26-6)14-17-11-12-18(21(8-2)9-3)13-19(17)27-28(24,25)10-4/h11-13,16H,7-10,14-15H2,1-6H3. The van der Waals surface area contributed by atoms with Crippen LogP contribution in [0.4, 0.5) is 5.69 Å². The molecule has 8 heteroatoms. The first-order valence-corrected chi connectivity index (χ1v) is 11.4. The molecule has 0 N–H and O–H groups in total. The lowest BCUT2D eigenvalue weighted by atomic mass is 10.1. The molecule has 0 saturated carbocycles. The van der Waals surface area contributed by atoms with Crippen molar-refractivity contribution >= 4 is 21.7 Å². The predicted molar refractivity (Wildman–Crippen MR) is 112 cm³/mol. The van der Waals surface area contributed by atoms with E-state index in [-0.39, 0.29) is 36.6 Å². The molecule has 0 aliphatic heterocycles. The Labute approximate surface area is 169 Å². The zero-order valence-electron chi connectivity index (χ0n) is 17.9. The fourth-order valence-corrected chi connectivity index (χ4v) is 3.38. The van der Waals surface area contributed by atoms with Gasteiger partial charge in [0.15, 0.2) is 0 Å². The van der Waals surface area contributed by atoms with Crippen molar-refractivity contribution in [1.29, 1.82) is 0 Å². The Morgan fingerprint density at radius 1 is 1.14 bits per heavy atom. The predicted octanol–water partition coefficient (Wildman–Crippen LogP) is 3.03. The normalized spacial score (nSPS) is 12.5. The van der Waals surface area contributed by atoms with Gasteiger partial charge in [-0.1, -0.05) is 13.0 Å². The third-order valence-electron chi connectivity index (χ3n) is 4.80. The van der Waals surface area contributed by atoms with Crippen LogP contribution in [0.2, 0.25) is 0 Å². The summed E-state index contributed by atoms with van der Waals surface area (Å²) < 4.78 is 34.6. The van der Waals surface area contributed by atoms with E-state index in [4.69, 9.17) is 8.92 Å². The first-order chi connectivity index (χ1) is 13.2. The second-order valence-electron chi connectivity index (χ2n) is 6.61. The molecule has 0 saturated heterocycles. The molecule has 0 bridgehead atoms. The summed E-state index contributed by atoms with van der Waals surface area (Å²) in [6, 6.07) is 5.50. The van der Waals surface area contributed by atoms with E-state index >= 15 is 0 Å². The van der Waals surface area contributed by atoms with Crippen LogP contribution >= 0.6 is 0 Å². The minimum absolute atomic E-state index is 0.0132. The fraction of sp³-hybridized carbons (Fsp3) is 0.650. The van der Waals surface area contributed by atoms with Gasteiger partial charge in [0, 0.05) is 50.1 Å². The van der Waals surface area contributed by atoms with Crippen LogP contribution in [-0.2, 0) is 26.2 Å². The van der Waals surface area contributed by atoms with Gasteiger partial charge in [0.05, 0.1) is 5.75 Å². The third-order valence-corrected chi connectivity index (χ3v) is 5.94. The Bertz CT molecular complexity index is 732. The fourth-order valence-electron chi connectivity index (χ4n) is 2.83. The number of hydrogen-bond acceptors (Lipinski definition) is 6. The molecule has 28 heavy (non-hydrogen) atoms. The van der Waals surface area contributed by atoms with Crippen molar-refractivity contribution in [2.75, 3.05) is 37.5 Å². The Morgan fingerprint density at radius 2 is 1.79 bits per heavy atom. The van der Waals surface area contributed by atoms with Crippen LogP contribution in [0.5, 0.6) is 5.75 Å². The Kier molecular flexibility index (Phi) is 9.75. The lowest BCUT2D eigenvalue weighted by Crippen LogP contribution is -2.40. The molecule has 0 fully saturated rings. The molecule has 1 rings (SSSR count). The average Bonchev–Trinajstić information content (AvgIpc) is 2.67. The van der Waals surface area contributed by atoms with Crippen LogP contribution in [-0.4, -0.2) is 57.8 Å². The monoisotopic (exact) mass is 414 g/mol. The molecule has 1 unspecified atom stereocenters. The van der Waals surface area contributed by atoms with Crippen molar-refractivity contribution in [3.63, 3.8) is 0 Å². The van der Waals surface area contributed by atoms with Gasteiger partial charge in [-0.3, -0.25) is 4.79 Å². The van der Waals surface area contributed by atoms with Gasteiger partial charge in [-0.2, -0.15) is 8.42 Å². The summed E-state index contributed by atoms with van der Waals surface area (Å²) in [5, 5.41) is 0. The lowest BCUT2D eigenvalue weighted by Gasteiger charge is -2.30. The summed E-state index contributed by atoms with van der Waals surface area (Å²) in [5.41, 5.74) is 1.53. The molecule has 0 aliphatic carbocycles. The van der Waals surface area contributed by atoms with Crippen molar-refractivity contribution in [1.82, 2.24) is 4.90 Å². The van der Waals surface area contributed by atoms with Gasteiger partial charge in [-0.25, -0.2) is 0 Å². The van der Waals surface area contributed by atoms with Crippen LogP contribution in [0.3, 0.4) is 0 Å². The maximum Gasteiger partial charge on any atom is 0.308 e. The van der Waals surface area contributed by atoms with E-state index < -0.39 is 10.1 Å². The number of methoxy groups -OCH3 is 1. The van der Waals surface area contributed by atoms with Crippen molar-refractivity contribution < 1.29 is 22.1 Å². The van der Waals surface area contributed by atoms with Crippen LogP contribution < -0.4 is 9.08 Å². The van der Waals surface area contributed by atoms with Gasteiger partial charge in [-0.15, -0.1) is 0 Å². The maximum atomic E-state index is 12.5. The molecule has 7 nitrogen and oxygen atoms in total. The van der Waals surface area contributed by atoms with E-state index in [0.29, 0.717) is 5.56 Å². The zero-order valence-corrected chi connectivity index (χ0v) is 18.7. The second-order valence-corrected chi connectivity index (χ2v) is 8.47. The summed E-state index contributed by atoms with van der Waals surface area (Å²) in [6.45, 7) is 11.4. The highest BCUT2D eigenvalue weighted by atomic mass is 32.2. The van der Waals surface area contributed by atoms with Gasteiger partial charge < -0.3 is 18.7 Å². The van der Waals surface area contributed by atoms with Crippen molar-refractivity contribution in [3.05, 3.63) is 23.8 Å². The SMILES string of the molecule is CCC(C)N(Cc1ccc(N(CC)CC)cc1OS(=O)(=O)CC)C(=O)COC. The second kappa shape index (κ2) is 11.3. The summed E-state index contributed by atoms with van der Waals surface area (Å²) in [4.78, 5) is 16.3. The van der Waals surface area contributed by atoms with E-state index in [0.717, 1.165) is 25.2 Å². The minimum atomic E-state index is -3.69. The van der Waals surface area contributed by atoms with Gasteiger partial charge in [-0.05, 0) is 40.2 Å². The third kappa shape index (κ3) is 6.67. The van der Waals surface area contributed by atoms with Gasteiger partial charge in [0.25, 0.3) is 0 Å². The van der Waals surface area contributed by atoms with Crippen molar-refractivity contribution in [2.45, 2.75) is 53.6 Å². The molecule has 0 radical (unpaired) electrons. The zero-order chi connectivity index (χ0) is 21.3. The number of ether oxygens (including phenoxy) is 1. The first kappa shape index (κ1) is 24.2. The quantitative estimate of drug-likeness (QED) is 0.489. The maximum absolute atomic E-state index is 12.5. The minimum Gasteiger partial charge on any atom is -0.382 e. The highest BCUT2D eigenvalue weighted by Gasteiger charge is 2.23. The number of nitrogens with zero attached hydrogens (tertiary/aromatic N) is 2. The number of amides is 1. The van der Waals surface area contributed by atoms with Crippen LogP contribution in [0.25, 0.3) is 0 Å². The average molecular weight is 415 g/mol. The molecule has 0 spiro atoms. The van der Waals surface area contributed by atoms with E-state index in [1.54, 1.807) is 11.0 Å². The number of hydrogen-bond donors (Lipinski definition) is 0. The molecule has 1 atom stereocenters. The Hall–Kier alpha value is -1.80. The Morgan fingerprint density at radius 3 is 2.29 bits per heavy atom. The molecule has 1 aromatic carbocycles. The van der Waals surface area contributed by atoms with Crippen molar-refractivity contribution in [2.24, 2.45) is 0 Å². The summed E-state index contributed by atoms with van der Waals surface area (Å²) in [7, 11) is -2.21.